The third kappa shape index (κ3) is 4.27. The number of rotatable bonds is 5. The van der Waals surface area contributed by atoms with Gasteiger partial charge in [0.2, 0.25) is 0 Å². The molecule has 0 bridgehead atoms. The summed E-state index contributed by atoms with van der Waals surface area (Å²) in [5, 5.41) is 0. The van der Waals surface area contributed by atoms with E-state index in [1.807, 2.05) is 0 Å². The van der Waals surface area contributed by atoms with E-state index in [9.17, 15) is 0 Å². The second-order valence-corrected chi connectivity index (χ2v) is 3.81. The van der Waals surface area contributed by atoms with Crippen LogP contribution in [-0.4, -0.2) is 0 Å². The predicted molar refractivity (Wildman–Crippen MR) is 64.4 cm³/mol. The lowest BCUT2D eigenvalue weighted by Crippen LogP contribution is -1.74. The Labute approximate surface area is 87.7 Å². The van der Waals surface area contributed by atoms with Gasteiger partial charge in [-0.15, -0.1) is 0 Å². The Hall–Kier alpha value is -1.04. The third-order valence-electron chi connectivity index (χ3n) is 2.36. The number of hydrogen-bond acceptors (Lipinski definition) is 0. The van der Waals surface area contributed by atoms with Crippen LogP contribution in [0, 0.1) is 6.92 Å². The molecule has 0 N–H and O–H groups in total. The molecule has 0 heteroatoms. The monoisotopic (exact) mass is 188 g/mol. The molecule has 0 aliphatic carbocycles. The van der Waals surface area contributed by atoms with Gasteiger partial charge < -0.3 is 0 Å². The van der Waals surface area contributed by atoms with Crippen LogP contribution in [0.15, 0.2) is 30.3 Å². The smallest absolute Gasteiger partial charge is 0.0260 e. The molecule has 0 fully saturated rings. The molecule has 0 aliphatic rings. The van der Waals surface area contributed by atoms with E-state index in [1.165, 1.54) is 36.8 Å². The third-order valence-corrected chi connectivity index (χ3v) is 2.36. The van der Waals surface area contributed by atoms with Crippen molar-refractivity contribution >= 4 is 6.08 Å². The Morgan fingerprint density at radius 3 is 2.43 bits per heavy atom. The van der Waals surface area contributed by atoms with E-state index in [0.29, 0.717) is 0 Å². The predicted octanol–water partition coefficient (Wildman–Crippen LogP) is 4.59. The van der Waals surface area contributed by atoms with E-state index in [4.69, 9.17) is 0 Å². The van der Waals surface area contributed by atoms with Gasteiger partial charge in [0.1, 0.15) is 0 Å². The van der Waals surface area contributed by atoms with Crippen LogP contribution in [0.3, 0.4) is 0 Å². The van der Waals surface area contributed by atoms with Crippen molar-refractivity contribution in [2.45, 2.75) is 39.5 Å². The lowest BCUT2D eigenvalue weighted by atomic mass is 10.1. The largest absolute Gasteiger partial charge is 0.0839 e. The zero-order valence-corrected chi connectivity index (χ0v) is 9.29. The molecular formula is C14H20. The first-order valence-electron chi connectivity index (χ1n) is 5.56. The molecule has 0 spiro atoms. The first-order valence-corrected chi connectivity index (χ1v) is 5.56. The fourth-order valence-electron chi connectivity index (χ4n) is 1.41. The van der Waals surface area contributed by atoms with Crippen molar-refractivity contribution in [3.63, 3.8) is 0 Å². The van der Waals surface area contributed by atoms with Crippen LogP contribution >= 0.6 is 0 Å². The van der Waals surface area contributed by atoms with Crippen molar-refractivity contribution in [3.8, 4) is 0 Å². The number of unbranched alkanes of at least 4 members (excludes halogenated alkanes) is 3. The first kappa shape index (κ1) is 11.0. The number of benzene rings is 1. The Kier molecular flexibility index (Phi) is 5.06. The highest BCUT2D eigenvalue weighted by atomic mass is 13.9. The van der Waals surface area contributed by atoms with E-state index < -0.39 is 0 Å². The minimum atomic E-state index is 1.21. The van der Waals surface area contributed by atoms with Crippen molar-refractivity contribution in [1.82, 2.24) is 0 Å². The van der Waals surface area contributed by atoms with Crippen molar-refractivity contribution in [2.75, 3.05) is 0 Å². The average molecular weight is 188 g/mol. The normalized spacial score (nSPS) is 11.0. The molecule has 0 saturated heterocycles. The molecule has 1 aromatic rings. The fourth-order valence-corrected chi connectivity index (χ4v) is 1.41. The van der Waals surface area contributed by atoms with E-state index in [0.717, 1.165) is 0 Å². The zero-order valence-electron chi connectivity index (χ0n) is 9.29. The van der Waals surface area contributed by atoms with E-state index in [2.05, 4.69) is 50.3 Å². The summed E-state index contributed by atoms with van der Waals surface area (Å²) in [5.41, 5.74) is 2.64. The molecule has 0 unspecified atom stereocenters. The van der Waals surface area contributed by atoms with Crippen LogP contribution in [0.5, 0.6) is 0 Å². The summed E-state index contributed by atoms with van der Waals surface area (Å²) in [6.45, 7) is 4.36. The second kappa shape index (κ2) is 6.42. The summed E-state index contributed by atoms with van der Waals surface area (Å²) in [6, 6.07) is 8.66. The van der Waals surface area contributed by atoms with Gasteiger partial charge in [-0.3, -0.25) is 0 Å². The summed E-state index contributed by atoms with van der Waals surface area (Å²) in [7, 11) is 0. The molecule has 1 aromatic carbocycles. The quantitative estimate of drug-likeness (QED) is 0.593. The standard InChI is InChI=1S/C14H20/c1-3-4-5-6-7-8-14-11-9-13(2)10-12-14/h7-12H,3-6H2,1-2H3. The van der Waals surface area contributed by atoms with Crippen molar-refractivity contribution in [2.24, 2.45) is 0 Å². The van der Waals surface area contributed by atoms with Crippen LogP contribution in [0.2, 0.25) is 0 Å². The molecule has 0 nitrogen and oxygen atoms in total. The van der Waals surface area contributed by atoms with Gasteiger partial charge in [-0.1, -0.05) is 61.7 Å². The highest BCUT2D eigenvalue weighted by molar-refractivity contribution is 5.49. The zero-order chi connectivity index (χ0) is 10.2. The van der Waals surface area contributed by atoms with Crippen LogP contribution in [0.1, 0.15) is 43.7 Å². The van der Waals surface area contributed by atoms with E-state index >= 15 is 0 Å². The summed E-state index contributed by atoms with van der Waals surface area (Å²) >= 11 is 0. The molecule has 76 valence electrons. The van der Waals surface area contributed by atoms with Crippen LogP contribution < -0.4 is 0 Å². The van der Waals surface area contributed by atoms with E-state index in [-0.39, 0.29) is 0 Å². The molecule has 0 atom stereocenters. The second-order valence-electron chi connectivity index (χ2n) is 3.81. The van der Waals surface area contributed by atoms with Gasteiger partial charge >= 0.3 is 0 Å². The molecule has 0 amide bonds. The number of hydrogen-bond donors (Lipinski definition) is 0. The lowest BCUT2D eigenvalue weighted by Gasteiger charge is -1.95. The molecule has 0 radical (unpaired) electrons. The van der Waals surface area contributed by atoms with Gasteiger partial charge in [0, 0.05) is 0 Å². The van der Waals surface area contributed by atoms with Gasteiger partial charge in [-0.2, -0.15) is 0 Å². The fraction of sp³-hybridized carbons (Fsp3) is 0.429. The summed E-state index contributed by atoms with van der Waals surface area (Å²) in [6.07, 6.45) is 9.67. The number of allylic oxidation sites excluding steroid dienone is 1. The molecule has 1 rings (SSSR count). The van der Waals surface area contributed by atoms with E-state index in [1.54, 1.807) is 0 Å². The highest BCUT2D eigenvalue weighted by Crippen LogP contribution is 2.07. The van der Waals surface area contributed by atoms with Crippen molar-refractivity contribution in [1.29, 1.82) is 0 Å². The number of aryl methyl sites for hydroxylation is 1. The van der Waals surface area contributed by atoms with Crippen molar-refractivity contribution < 1.29 is 0 Å². The minimum Gasteiger partial charge on any atom is -0.0839 e. The summed E-state index contributed by atoms with van der Waals surface area (Å²) in [4.78, 5) is 0. The summed E-state index contributed by atoms with van der Waals surface area (Å²) < 4.78 is 0. The van der Waals surface area contributed by atoms with Gasteiger partial charge in [-0.25, -0.2) is 0 Å². The van der Waals surface area contributed by atoms with Crippen molar-refractivity contribution in [3.05, 3.63) is 41.5 Å². The molecular weight excluding hydrogens is 168 g/mol. The summed E-state index contributed by atoms with van der Waals surface area (Å²) in [5.74, 6) is 0. The van der Waals surface area contributed by atoms with Crippen LogP contribution in [0.4, 0.5) is 0 Å². The Bertz CT molecular complexity index is 267. The maximum absolute atomic E-state index is 2.28. The lowest BCUT2D eigenvalue weighted by molar-refractivity contribution is 0.730. The Balaban J connectivity index is 2.33. The van der Waals surface area contributed by atoms with Gasteiger partial charge in [0.25, 0.3) is 0 Å². The maximum Gasteiger partial charge on any atom is -0.0260 e. The maximum atomic E-state index is 2.28. The van der Waals surface area contributed by atoms with Gasteiger partial charge in [0.05, 0.1) is 0 Å². The topological polar surface area (TPSA) is 0 Å². The van der Waals surface area contributed by atoms with Gasteiger partial charge in [-0.05, 0) is 25.3 Å². The van der Waals surface area contributed by atoms with Gasteiger partial charge in [0.15, 0.2) is 0 Å². The molecule has 0 heterocycles. The SMILES string of the molecule is CCCCCC=Cc1ccc(C)cc1. The highest BCUT2D eigenvalue weighted by Gasteiger charge is 1.86. The molecule has 0 saturated carbocycles. The van der Waals surface area contributed by atoms with Crippen LogP contribution in [-0.2, 0) is 0 Å². The molecule has 0 aliphatic heterocycles. The Morgan fingerprint density at radius 1 is 1.07 bits per heavy atom. The average Bonchev–Trinajstić information content (AvgIpc) is 2.21. The molecule has 0 aromatic heterocycles. The first-order chi connectivity index (χ1) is 6.83. The minimum absolute atomic E-state index is 1.21. The van der Waals surface area contributed by atoms with Crippen LogP contribution in [0.25, 0.3) is 6.08 Å². The molecule has 14 heavy (non-hydrogen) atoms. The Morgan fingerprint density at radius 2 is 1.79 bits per heavy atom.